The molecule has 0 saturated carbocycles. The van der Waals surface area contributed by atoms with Crippen molar-refractivity contribution in [3.8, 4) is 11.5 Å². The number of halogens is 2. The molecule has 0 aliphatic carbocycles. The van der Waals surface area contributed by atoms with Crippen molar-refractivity contribution in [2.75, 3.05) is 33.3 Å². The molecule has 8 heteroatoms. The minimum atomic E-state index is 0.0832. The molecule has 1 amide bonds. The average molecular weight is 491 g/mol. The summed E-state index contributed by atoms with van der Waals surface area (Å²) in [7, 11) is 1.63. The maximum Gasteiger partial charge on any atom is 0.264 e. The monoisotopic (exact) mass is 490 g/mol. The Balaban J connectivity index is 1.26. The zero-order valence-electron chi connectivity index (χ0n) is 17.7. The Bertz CT molecular complexity index is 1060. The second-order valence-electron chi connectivity index (χ2n) is 7.60. The number of piperazine rings is 1. The summed E-state index contributed by atoms with van der Waals surface area (Å²) < 4.78 is 11.0. The Hall–Kier alpha value is -2.25. The van der Waals surface area contributed by atoms with Crippen LogP contribution in [0.3, 0.4) is 0 Å². The van der Waals surface area contributed by atoms with Gasteiger partial charge >= 0.3 is 0 Å². The molecule has 32 heavy (non-hydrogen) atoms. The molecule has 0 radical (unpaired) electrons. The largest absolute Gasteiger partial charge is 0.497 e. The van der Waals surface area contributed by atoms with E-state index in [2.05, 4.69) is 4.90 Å². The Morgan fingerprint density at radius 1 is 0.938 bits per heavy atom. The zero-order valence-corrected chi connectivity index (χ0v) is 20.1. The van der Waals surface area contributed by atoms with Gasteiger partial charge in [0, 0.05) is 38.3 Å². The first-order valence-electron chi connectivity index (χ1n) is 10.3. The van der Waals surface area contributed by atoms with E-state index in [0.29, 0.717) is 29.7 Å². The molecule has 0 spiro atoms. The van der Waals surface area contributed by atoms with E-state index in [4.69, 9.17) is 32.7 Å². The highest BCUT2D eigenvalue weighted by molar-refractivity contribution is 7.12. The van der Waals surface area contributed by atoms with Crippen molar-refractivity contribution in [2.45, 2.75) is 13.2 Å². The minimum absolute atomic E-state index is 0.0832. The van der Waals surface area contributed by atoms with Crippen molar-refractivity contribution >= 4 is 40.4 Å². The number of methoxy groups -OCH3 is 1. The molecule has 3 aromatic rings. The fourth-order valence-electron chi connectivity index (χ4n) is 3.56. The second kappa shape index (κ2) is 10.6. The van der Waals surface area contributed by atoms with Crippen molar-refractivity contribution in [1.29, 1.82) is 0 Å². The molecular formula is C24H24Cl2N2O3S. The molecule has 1 aliphatic heterocycles. The van der Waals surface area contributed by atoms with Crippen LogP contribution in [0, 0.1) is 0 Å². The van der Waals surface area contributed by atoms with Crippen molar-refractivity contribution in [2.24, 2.45) is 0 Å². The number of hydrogen-bond donors (Lipinski definition) is 0. The topological polar surface area (TPSA) is 42.0 Å². The summed E-state index contributed by atoms with van der Waals surface area (Å²) in [6, 6.07) is 15.1. The average Bonchev–Trinajstić information content (AvgIpc) is 3.29. The highest BCUT2D eigenvalue weighted by Gasteiger charge is 2.23. The van der Waals surface area contributed by atoms with E-state index in [-0.39, 0.29) is 5.91 Å². The summed E-state index contributed by atoms with van der Waals surface area (Å²) in [4.78, 5) is 17.9. The highest BCUT2D eigenvalue weighted by atomic mass is 35.5. The van der Waals surface area contributed by atoms with Crippen LogP contribution in [0.4, 0.5) is 0 Å². The number of hydrogen-bond acceptors (Lipinski definition) is 5. The van der Waals surface area contributed by atoms with Crippen LogP contribution in [0.5, 0.6) is 11.5 Å². The number of ether oxygens (including phenoxy) is 2. The van der Waals surface area contributed by atoms with Crippen molar-refractivity contribution < 1.29 is 14.3 Å². The number of amides is 1. The van der Waals surface area contributed by atoms with Gasteiger partial charge in [-0.2, -0.15) is 0 Å². The number of benzene rings is 2. The number of nitrogens with zero attached hydrogens (tertiary/aromatic N) is 2. The summed E-state index contributed by atoms with van der Waals surface area (Å²) in [5.41, 5.74) is 2.12. The van der Waals surface area contributed by atoms with Gasteiger partial charge in [-0.3, -0.25) is 9.69 Å². The molecule has 0 bridgehead atoms. The lowest BCUT2D eigenvalue weighted by molar-refractivity contribution is 0.0633. The van der Waals surface area contributed by atoms with Gasteiger partial charge in [0.15, 0.2) is 0 Å². The summed E-state index contributed by atoms with van der Waals surface area (Å²) in [5, 5.41) is 3.12. The first kappa shape index (κ1) is 22.9. The number of rotatable bonds is 7. The van der Waals surface area contributed by atoms with Gasteiger partial charge < -0.3 is 14.4 Å². The van der Waals surface area contributed by atoms with Gasteiger partial charge in [0.2, 0.25) is 0 Å². The van der Waals surface area contributed by atoms with Crippen LogP contribution in [-0.4, -0.2) is 49.0 Å². The van der Waals surface area contributed by atoms with E-state index in [0.717, 1.165) is 47.1 Å². The fourth-order valence-corrected chi connectivity index (χ4v) is 4.75. The molecule has 1 saturated heterocycles. The molecule has 0 atom stereocenters. The van der Waals surface area contributed by atoms with Crippen LogP contribution >= 0.6 is 34.5 Å². The van der Waals surface area contributed by atoms with E-state index < -0.39 is 0 Å². The molecule has 0 N–H and O–H groups in total. The van der Waals surface area contributed by atoms with E-state index in [9.17, 15) is 4.79 Å². The van der Waals surface area contributed by atoms with Crippen LogP contribution in [0.25, 0.3) is 0 Å². The fraction of sp³-hybridized carbons (Fsp3) is 0.292. The van der Waals surface area contributed by atoms with E-state index in [1.807, 2.05) is 58.8 Å². The second-order valence-corrected chi connectivity index (χ2v) is 9.33. The summed E-state index contributed by atoms with van der Waals surface area (Å²) in [6.45, 7) is 4.28. The maximum atomic E-state index is 12.9. The third-order valence-electron chi connectivity index (χ3n) is 5.38. The Kier molecular flexibility index (Phi) is 7.58. The van der Waals surface area contributed by atoms with Crippen LogP contribution < -0.4 is 9.47 Å². The van der Waals surface area contributed by atoms with E-state index >= 15 is 0 Å². The third-order valence-corrected chi connectivity index (χ3v) is 7.09. The van der Waals surface area contributed by atoms with Crippen molar-refractivity contribution in [3.63, 3.8) is 0 Å². The van der Waals surface area contributed by atoms with E-state index in [1.54, 1.807) is 7.11 Å². The van der Waals surface area contributed by atoms with Crippen LogP contribution in [0.1, 0.15) is 20.8 Å². The highest BCUT2D eigenvalue weighted by Crippen LogP contribution is 2.24. The molecule has 1 aromatic heterocycles. The lowest BCUT2D eigenvalue weighted by Crippen LogP contribution is -2.48. The van der Waals surface area contributed by atoms with Gasteiger partial charge in [0.1, 0.15) is 18.1 Å². The summed E-state index contributed by atoms with van der Waals surface area (Å²) >= 11 is 13.6. The minimum Gasteiger partial charge on any atom is -0.497 e. The summed E-state index contributed by atoms with van der Waals surface area (Å²) in [5.74, 6) is 1.64. The number of thiophene rings is 1. The Morgan fingerprint density at radius 3 is 2.34 bits per heavy atom. The van der Waals surface area contributed by atoms with Crippen molar-refractivity contribution in [3.05, 3.63) is 80.0 Å². The standard InChI is InChI=1S/C24H24Cl2N2O3S/c1-30-19-3-5-20(6-4-19)31-15-18-13-23(32-16-18)24(29)28-10-8-27(9-11-28)14-17-2-7-21(25)22(26)12-17/h2-7,12-13,16H,8-11,14-15H2,1H3. The van der Waals surface area contributed by atoms with Gasteiger partial charge in [-0.05, 0) is 53.4 Å². The number of carbonyl (C=O) groups excluding carboxylic acids is 1. The van der Waals surface area contributed by atoms with Gasteiger partial charge in [-0.25, -0.2) is 0 Å². The van der Waals surface area contributed by atoms with Crippen LogP contribution in [0.2, 0.25) is 10.0 Å². The van der Waals surface area contributed by atoms with E-state index in [1.165, 1.54) is 11.3 Å². The Labute approximate surface area is 202 Å². The third kappa shape index (κ3) is 5.75. The Morgan fingerprint density at radius 2 is 1.66 bits per heavy atom. The molecule has 5 nitrogen and oxygen atoms in total. The maximum absolute atomic E-state index is 12.9. The molecule has 0 unspecified atom stereocenters. The first-order chi connectivity index (χ1) is 15.5. The van der Waals surface area contributed by atoms with Gasteiger partial charge in [-0.15, -0.1) is 11.3 Å². The molecular weight excluding hydrogens is 467 g/mol. The molecule has 1 fully saturated rings. The van der Waals surface area contributed by atoms with Gasteiger partial charge in [0.25, 0.3) is 5.91 Å². The molecule has 2 heterocycles. The van der Waals surface area contributed by atoms with Crippen LogP contribution in [-0.2, 0) is 13.2 Å². The van der Waals surface area contributed by atoms with Gasteiger partial charge in [-0.1, -0.05) is 29.3 Å². The lowest BCUT2D eigenvalue weighted by Gasteiger charge is -2.34. The predicted molar refractivity (Wildman–Crippen MR) is 129 cm³/mol. The SMILES string of the molecule is COc1ccc(OCc2csc(C(=O)N3CCN(Cc4ccc(Cl)c(Cl)c4)CC3)c2)cc1. The first-order valence-corrected chi connectivity index (χ1v) is 11.9. The molecule has 4 rings (SSSR count). The van der Waals surface area contributed by atoms with Crippen molar-refractivity contribution in [1.82, 2.24) is 9.80 Å². The zero-order chi connectivity index (χ0) is 22.5. The lowest BCUT2D eigenvalue weighted by atomic mass is 10.2. The smallest absolute Gasteiger partial charge is 0.264 e. The van der Waals surface area contributed by atoms with Gasteiger partial charge in [0.05, 0.1) is 22.0 Å². The molecule has 1 aliphatic rings. The quantitative estimate of drug-likeness (QED) is 0.432. The summed E-state index contributed by atoms with van der Waals surface area (Å²) in [6.07, 6.45) is 0. The predicted octanol–water partition coefficient (Wildman–Crippen LogP) is 5.60. The molecule has 168 valence electrons. The van der Waals surface area contributed by atoms with Crippen LogP contribution in [0.15, 0.2) is 53.9 Å². The number of carbonyl (C=O) groups is 1. The molecule has 2 aromatic carbocycles. The normalized spacial score (nSPS) is 14.4.